The Balaban J connectivity index is 1.76. The molecule has 1 heterocycles. The van der Waals surface area contributed by atoms with Crippen molar-refractivity contribution < 1.29 is 22.0 Å². The fourth-order valence-electron chi connectivity index (χ4n) is 2.92. The van der Waals surface area contributed by atoms with E-state index in [1.807, 2.05) is 0 Å². The van der Waals surface area contributed by atoms with Gasteiger partial charge in [0.2, 0.25) is 10.0 Å². The quantitative estimate of drug-likeness (QED) is 0.822. The summed E-state index contributed by atoms with van der Waals surface area (Å²) in [6, 6.07) is 10.5. The molecule has 0 radical (unpaired) electrons. The minimum atomic E-state index is -3.85. The van der Waals surface area contributed by atoms with E-state index < -0.39 is 27.6 Å². The Kier molecular flexibility index (Phi) is 5.33. The maximum absolute atomic E-state index is 13.8. The highest BCUT2D eigenvalue weighted by Gasteiger charge is 2.29. The highest BCUT2D eigenvalue weighted by molar-refractivity contribution is 7.89. The molecule has 0 aromatic heterocycles. The number of amides is 1. The molecular formula is C18H18F2N2O3S. The van der Waals surface area contributed by atoms with Crippen molar-refractivity contribution in [3.05, 3.63) is 65.7 Å². The van der Waals surface area contributed by atoms with Gasteiger partial charge in [-0.15, -0.1) is 0 Å². The van der Waals surface area contributed by atoms with Gasteiger partial charge >= 0.3 is 0 Å². The molecular weight excluding hydrogens is 362 g/mol. The minimum Gasteiger partial charge on any atom is -0.337 e. The fraction of sp³-hybridized carbons (Fsp3) is 0.278. The first kappa shape index (κ1) is 18.5. The number of halogens is 2. The molecule has 0 atom stereocenters. The van der Waals surface area contributed by atoms with Gasteiger partial charge in [-0.05, 0) is 36.8 Å². The number of carbonyl (C=O) groups is 1. The van der Waals surface area contributed by atoms with Crippen LogP contribution in [-0.4, -0.2) is 49.7 Å². The zero-order chi connectivity index (χ0) is 18.7. The molecule has 2 aromatic rings. The van der Waals surface area contributed by atoms with Crippen molar-refractivity contribution in [1.82, 2.24) is 9.21 Å². The predicted octanol–water partition coefficient (Wildman–Crippen LogP) is 2.50. The SMILES string of the molecule is O=C(c1ccccc1F)N1CCCN(S(=O)(=O)c2cccc(F)c2)CC1. The number of benzene rings is 2. The van der Waals surface area contributed by atoms with Crippen molar-refractivity contribution in [2.24, 2.45) is 0 Å². The van der Waals surface area contributed by atoms with Crippen LogP contribution in [0.1, 0.15) is 16.8 Å². The number of hydrogen-bond acceptors (Lipinski definition) is 3. The summed E-state index contributed by atoms with van der Waals surface area (Å²) in [7, 11) is -3.85. The van der Waals surface area contributed by atoms with Crippen molar-refractivity contribution in [3.8, 4) is 0 Å². The fourth-order valence-corrected chi connectivity index (χ4v) is 4.42. The number of nitrogens with zero attached hydrogens (tertiary/aromatic N) is 2. The summed E-state index contributed by atoms with van der Waals surface area (Å²) in [5.41, 5.74) is -0.0334. The Hall–Kier alpha value is -2.32. The number of carbonyl (C=O) groups excluding carboxylic acids is 1. The molecule has 0 aliphatic carbocycles. The van der Waals surface area contributed by atoms with E-state index in [4.69, 9.17) is 0 Å². The maximum Gasteiger partial charge on any atom is 0.256 e. The topological polar surface area (TPSA) is 57.7 Å². The van der Waals surface area contributed by atoms with Crippen LogP contribution >= 0.6 is 0 Å². The van der Waals surface area contributed by atoms with Gasteiger partial charge in [0.05, 0.1) is 10.5 Å². The van der Waals surface area contributed by atoms with Gasteiger partial charge in [-0.1, -0.05) is 18.2 Å². The Morgan fingerprint density at radius 2 is 1.69 bits per heavy atom. The molecule has 2 aromatic carbocycles. The maximum atomic E-state index is 13.8. The van der Waals surface area contributed by atoms with Crippen LogP contribution in [0.5, 0.6) is 0 Å². The van der Waals surface area contributed by atoms with Crippen molar-refractivity contribution in [2.75, 3.05) is 26.2 Å². The summed E-state index contributed by atoms with van der Waals surface area (Å²) in [5, 5.41) is 0. The molecule has 1 aliphatic heterocycles. The van der Waals surface area contributed by atoms with Gasteiger partial charge in [0.25, 0.3) is 5.91 Å². The molecule has 0 spiro atoms. The Labute approximate surface area is 150 Å². The van der Waals surface area contributed by atoms with E-state index in [0.29, 0.717) is 13.0 Å². The second-order valence-corrected chi connectivity index (χ2v) is 7.92. The van der Waals surface area contributed by atoms with Gasteiger partial charge in [0, 0.05) is 26.2 Å². The van der Waals surface area contributed by atoms with Crippen LogP contribution in [0.15, 0.2) is 53.4 Å². The number of sulfonamides is 1. The zero-order valence-electron chi connectivity index (χ0n) is 13.9. The van der Waals surface area contributed by atoms with E-state index in [1.165, 1.54) is 45.6 Å². The summed E-state index contributed by atoms with van der Waals surface area (Å²) in [6.07, 6.45) is 0.411. The van der Waals surface area contributed by atoms with Crippen LogP contribution in [0, 0.1) is 11.6 Å². The van der Waals surface area contributed by atoms with E-state index in [-0.39, 0.29) is 30.1 Å². The Morgan fingerprint density at radius 3 is 2.42 bits per heavy atom. The molecule has 0 unspecified atom stereocenters. The van der Waals surface area contributed by atoms with Crippen molar-refractivity contribution in [1.29, 1.82) is 0 Å². The average molecular weight is 380 g/mol. The van der Waals surface area contributed by atoms with Crippen LogP contribution in [0.4, 0.5) is 8.78 Å². The van der Waals surface area contributed by atoms with Gasteiger partial charge in [0.15, 0.2) is 0 Å². The molecule has 0 bridgehead atoms. The average Bonchev–Trinajstić information content (AvgIpc) is 2.88. The molecule has 8 heteroatoms. The second kappa shape index (κ2) is 7.51. The Bertz CT molecular complexity index is 918. The molecule has 1 saturated heterocycles. The normalized spacial score (nSPS) is 16.3. The first-order valence-corrected chi connectivity index (χ1v) is 9.63. The van der Waals surface area contributed by atoms with E-state index in [1.54, 1.807) is 6.07 Å². The third-order valence-electron chi connectivity index (χ3n) is 4.28. The van der Waals surface area contributed by atoms with Gasteiger partial charge in [0.1, 0.15) is 11.6 Å². The number of hydrogen-bond donors (Lipinski definition) is 0. The molecule has 26 heavy (non-hydrogen) atoms. The lowest BCUT2D eigenvalue weighted by molar-refractivity contribution is 0.0759. The van der Waals surface area contributed by atoms with Crippen LogP contribution in [0.25, 0.3) is 0 Å². The molecule has 138 valence electrons. The first-order chi connectivity index (χ1) is 12.4. The lowest BCUT2D eigenvalue weighted by Crippen LogP contribution is -2.37. The largest absolute Gasteiger partial charge is 0.337 e. The van der Waals surface area contributed by atoms with Crippen molar-refractivity contribution in [2.45, 2.75) is 11.3 Å². The monoisotopic (exact) mass is 380 g/mol. The molecule has 0 saturated carbocycles. The first-order valence-electron chi connectivity index (χ1n) is 8.19. The predicted molar refractivity (Wildman–Crippen MR) is 92.1 cm³/mol. The van der Waals surface area contributed by atoms with E-state index in [2.05, 4.69) is 0 Å². The third-order valence-corrected chi connectivity index (χ3v) is 6.17. The highest BCUT2D eigenvalue weighted by atomic mass is 32.2. The third kappa shape index (κ3) is 3.76. The molecule has 0 N–H and O–H groups in total. The summed E-state index contributed by atoms with van der Waals surface area (Å²) in [6.45, 7) is 0.739. The van der Waals surface area contributed by atoms with Crippen LogP contribution in [0.2, 0.25) is 0 Å². The second-order valence-electron chi connectivity index (χ2n) is 5.99. The minimum absolute atomic E-state index is 0.0334. The van der Waals surface area contributed by atoms with Crippen molar-refractivity contribution in [3.63, 3.8) is 0 Å². The molecule has 1 fully saturated rings. The summed E-state index contributed by atoms with van der Waals surface area (Å²) >= 11 is 0. The van der Waals surface area contributed by atoms with Gasteiger partial charge < -0.3 is 4.90 Å². The molecule has 3 rings (SSSR count). The number of rotatable bonds is 3. The molecule has 1 aliphatic rings. The van der Waals surface area contributed by atoms with E-state index >= 15 is 0 Å². The standard InChI is InChI=1S/C18H18F2N2O3S/c19-14-5-3-6-15(13-14)26(24,25)22-10-4-9-21(11-12-22)18(23)16-7-1-2-8-17(16)20/h1-3,5-8,13H,4,9-12H2. The van der Waals surface area contributed by atoms with Crippen LogP contribution < -0.4 is 0 Å². The zero-order valence-corrected chi connectivity index (χ0v) is 14.8. The lowest BCUT2D eigenvalue weighted by atomic mass is 10.2. The summed E-state index contributed by atoms with van der Waals surface area (Å²) in [5.74, 6) is -1.70. The van der Waals surface area contributed by atoms with Crippen LogP contribution in [0.3, 0.4) is 0 Å². The van der Waals surface area contributed by atoms with Crippen LogP contribution in [-0.2, 0) is 10.0 Å². The van der Waals surface area contributed by atoms with Gasteiger partial charge in [-0.25, -0.2) is 17.2 Å². The van der Waals surface area contributed by atoms with E-state index in [9.17, 15) is 22.0 Å². The molecule has 5 nitrogen and oxygen atoms in total. The lowest BCUT2D eigenvalue weighted by Gasteiger charge is -2.22. The van der Waals surface area contributed by atoms with Gasteiger partial charge in [-0.2, -0.15) is 4.31 Å². The molecule has 1 amide bonds. The highest BCUT2D eigenvalue weighted by Crippen LogP contribution is 2.19. The van der Waals surface area contributed by atoms with Crippen molar-refractivity contribution >= 4 is 15.9 Å². The Morgan fingerprint density at radius 1 is 0.923 bits per heavy atom. The summed E-state index contributed by atoms with van der Waals surface area (Å²) < 4.78 is 53.8. The van der Waals surface area contributed by atoms with E-state index in [0.717, 1.165) is 6.07 Å². The summed E-state index contributed by atoms with van der Waals surface area (Å²) in [4.78, 5) is 13.8. The van der Waals surface area contributed by atoms with Gasteiger partial charge in [-0.3, -0.25) is 4.79 Å². The smallest absolute Gasteiger partial charge is 0.256 e.